The van der Waals surface area contributed by atoms with E-state index in [0.29, 0.717) is 56.0 Å². The van der Waals surface area contributed by atoms with Gasteiger partial charge in [-0.25, -0.2) is 0 Å². The fraction of sp³-hybridized carbons (Fsp3) is 0.0824. The quantitative estimate of drug-likeness (QED) is 0.149. The number of fused-ring (bicyclic) bond motifs is 12. The molecule has 3 aliphatic heterocycles. The van der Waals surface area contributed by atoms with Gasteiger partial charge in [-0.05, 0) is 146 Å². The summed E-state index contributed by atoms with van der Waals surface area (Å²) in [5, 5.41) is -0.529. The molecule has 0 spiro atoms. The van der Waals surface area contributed by atoms with Crippen molar-refractivity contribution >= 4 is 83.8 Å². The number of ether oxygens (including phenoxy) is 2. The van der Waals surface area contributed by atoms with Crippen molar-refractivity contribution in [3.8, 4) is 78.9 Å². The lowest BCUT2D eigenvalue weighted by Crippen LogP contribution is -2.59. The van der Waals surface area contributed by atoms with Gasteiger partial charge in [-0.2, -0.15) is 0 Å². The lowest BCUT2D eigenvalue weighted by Gasteiger charge is -2.42. The zero-order chi connectivity index (χ0) is 76.5. The lowest BCUT2D eigenvalue weighted by molar-refractivity contribution is 0.418. The summed E-state index contributed by atoms with van der Waals surface area (Å²) in [6.45, 7) is 9.64. The van der Waals surface area contributed by atoms with E-state index in [1.807, 2.05) is 138 Å². The summed E-state index contributed by atoms with van der Waals surface area (Å²) >= 11 is 0. The van der Waals surface area contributed by atoms with Crippen LogP contribution in [0.4, 0.5) is 17.1 Å². The highest BCUT2D eigenvalue weighted by atomic mass is 16.5. The molecule has 15 aromatic rings. The molecule has 6 heteroatoms. The fourth-order valence-corrected chi connectivity index (χ4v) is 14.0. The van der Waals surface area contributed by atoms with Crippen molar-refractivity contribution in [3.63, 3.8) is 0 Å². The average Bonchev–Trinajstić information content (AvgIpc) is 1.70. The van der Waals surface area contributed by atoms with Gasteiger partial charge in [-0.15, -0.1) is 0 Å². The smallest absolute Gasteiger partial charge is 0.256 e. The van der Waals surface area contributed by atoms with Crippen molar-refractivity contribution in [3.05, 3.63) is 301 Å². The summed E-state index contributed by atoms with van der Waals surface area (Å²) in [5.74, 6) is 1.26. The second-order valence-electron chi connectivity index (χ2n) is 25.0. The number of hydrogen-bond donors (Lipinski definition) is 0. The molecule has 0 saturated carbocycles. The molecule has 0 aliphatic carbocycles. The first kappa shape index (κ1) is 37.7. The molecule has 0 radical (unpaired) electrons. The molecule has 18 rings (SSSR count). The molecule has 91 heavy (non-hydrogen) atoms. The zero-order valence-corrected chi connectivity index (χ0v) is 50.0. The van der Waals surface area contributed by atoms with Crippen molar-refractivity contribution in [2.24, 2.45) is 0 Å². The van der Waals surface area contributed by atoms with Gasteiger partial charge in [0.1, 0.15) is 23.0 Å². The Morgan fingerprint density at radius 2 is 0.912 bits per heavy atom. The fourth-order valence-electron chi connectivity index (χ4n) is 14.0. The van der Waals surface area contributed by atoms with Crippen LogP contribution in [0.3, 0.4) is 0 Å². The molecule has 0 saturated heterocycles. The molecule has 0 unspecified atom stereocenters. The van der Waals surface area contributed by atoms with Crippen LogP contribution in [0, 0.1) is 0 Å². The third-order valence-electron chi connectivity index (χ3n) is 18.5. The van der Waals surface area contributed by atoms with Crippen molar-refractivity contribution in [1.29, 1.82) is 0 Å². The maximum absolute atomic E-state index is 11.4. The van der Waals surface area contributed by atoms with Gasteiger partial charge < -0.3 is 23.5 Å². The molecule has 432 valence electrons. The summed E-state index contributed by atoms with van der Waals surface area (Å²) in [6, 6.07) is 47.0. The highest BCUT2D eigenvalue weighted by Gasteiger charge is 2.44. The maximum atomic E-state index is 11.4. The molecule has 0 atom stereocenters. The maximum Gasteiger partial charge on any atom is 0.256 e. The van der Waals surface area contributed by atoms with E-state index in [0.717, 1.165) is 38.9 Å². The second kappa shape index (κ2) is 20.0. The molecule has 0 bridgehead atoms. The van der Waals surface area contributed by atoms with E-state index in [1.165, 1.54) is 9.13 Å². The van der Waals surface area contributed by atoms with E-state index in [4.69, 9.17) is 17.7 Å². The molecule has 13 aromatic carbocycles. The largest absolute Gasteiger partial charge is 0.458 e. The molecule has 5 heterocycles. The van der Waals surface area contributed by atoms with Crippen molar-refractivity contribution in [2.45, 2.75) is 45.4 Å². The van der Waals surface area contributed by atoms with Crippen molar-refractivity contribution < 1.29 is 34.1 Å². The molecule has 3 aliphatic rings. The first-order chi connectivity index (χ1) is 52.0. The lowest BCUT2D eigenvalue weighted by atomic mass is 9.34. The second-order valence-corrected chi connectivity index (χ2v) is 25.0. The van der Waals surface area contributed by atoms with Gasteiger partial charge in [0.25, 0.3) is 6.71 Å². The van der Waals surface area contributed by atoms with Crippen LogP contribution >= 0.6 is 0 Å². The number of hydrogen-bond acceptors (Lipinski definition) is 3. The van der Waals surface area contributed by atoms with E-state index < -0.39 is 114 Å². The summed E-state index contributed by atoms with van der Waals surface area (Å²) < 4.78 is 188. The predicted octanol–water partition coefficient (Wildman–Crippen LogP) is 20.7. The number of rotatable bonds is 7. The van der Waals surface area contributed by atoms with Gasteiger partial charge in [0.15, 0.2) is 0 Å². The van der Waals surface area contributed by atoms with Crippen LogP contribution in [-0.2, 0) is 10.8 Å². The number of para-hydroxylation sites is 5. The molecule has 5 nitrogen and oxygen atoms in total. The Morgan fingerprint density at radius 1 is 0.396 bits per heavy atom. The first-order valence-corrected chi connectivity index (χ1v) is 30.3. The number of aromatic nitrogens is 2. The number of nitrogens with zero attached hydrogens (tertiary/aromatic N) is 3. The third kappa shape index (κ3) is 8.18. The molecular formula is C85H62BN3O2. The van der Waals surface area contributed by atoms with Crippen LogP contribution in [0.1, 0.15) is 76.0 Å². The van der Waals surface area contributed by atoms with E-state index >= 15 is 0 Å². The van der Waals surface area contributed by atoms with Crippen molar-refractivity contribution in [2.75, 3.05) is 4.90 Å². The van der Waals surface area contributed by atoms with Crippen LogP contribution in [0.2, 0.25) is 0 Å². The van der Waals surface area contributed by atoms with E-state index in [2.05, 4.69) is 52.8 Å². The minimum absolute atomic E-state index is 0.0142. The predicted molar refractivity (Wildman–Crippen MR) is 380 cm³/mol. The van der Waals surface area contributed by atoms with Crippen LogP contribution in [0.25, 0.3) is 99.5 Å². The highest BCUT2D eigenvalue weighted by molar-refractivity contribution is 6.99. The van der Waals surface area contributed by atoms with E-state index in [9.17, 15) is 16.4 Å². The Kier molecular flexibility index (Phi) is 8.27. The minimum atomic E-state index is -1.01. The zero-order valence-electron chi connectivity index (χ0n) is 68.0. The third-order valence-corrected chi connectivity index (χ3v) is 18.5. The first-order valence-electron chi connectivity index (χ1n) is 39.3. The summed E-state index contributed by atoms with van der Waals surface area (Å²) in [6.07, 6.45) is 0. The number of anilines is 3. The monoisotopic (exact) mass is 1190 g/mol. The standard InChI is InChI=1S/C85H62BN3O2/c1-84(2,3)59-49-66(54-25-10-7-11-26-54)83(67(50-59)57-28-22-27-55(45-57)53-23-8-6-9-24-53)89-76-51-60(87-72-34-17-12-29-62(72)63-30-13-18-35-73(63)87)40-43-70(76)86-71-44-41-61(88-74-36-19-14-31-64(74)65-32-15-20-37-75(65)88)52-80(71)91-81-48-58(46-77(89)82(81)86)56-39-42-69-79(47-56)90-78-38-21-16-33-68(78)85(69,4)5/h6-52H,1-5H3/i12D,13D,14D,15D,17D,18D,19D,20D,29D,30D,31D,32D,34D,35D,36D,37D,46D,48D. The Bertz CT molecular complexity index is 6480. The van der Waals surface area contributed by atoms with Gasteiger partial charge in [0.05, 0.1) is 52.4 Å². The van der Waals surface area contributed by atoms with Gasteiger partial charge >= 0.3 is 0 Å². The summed E-state index contributed by atoms with van der Waals surface area (Å²) in [7, 11) is 0. The Morgan fingerprint density at radius 3 is 1.55 bits per heavy atom. The highest BCUT2D eigenvalue weighted by Crippen LogP contribution is 2.54. The summed E-state index contributed by atoms with van der Waals surface area (Å²) in [5.41, 5.74) is 9.45. The average molecular weight is 1190 g/mol. The van der Waals surface area contributed by atoms with Gasteiger partial charge in [-0.1, -0.05) is 228 Å². The van der Waals surface area contributed by atoms with Crippen LogP contribution in [0.5, 0.6) is 23.0 Å². The molecule has 2 aromatic heterocycles. The van der Waals surface area contributed by atoms with Crippen LogP contribution in [-0.4, -0.2) is 15.8 Å². The van der Waals surface area contributed by atoms with Gasteiger partial charge in [0.2, 0.25) is 0 Å². The molecule has 0 fully saturated rings. The van der Waals surface area contributed by atoms with E-state index in [1.54, 1.807) is 24.3 Å². The Hall–Kier alpha value is -11.1. The topological polar surface area (TPSA) is 31.6 Å². The summed E-state index contributed by atoms with van der Waals surface area (Å²) in [4.78, 5) is 2.02. The molecule has 0 amide bonds. The number of benzene rings is 13. The minimum Gasteiger partial charge on any atom is -0.458 e. The SMILES string of the molecule is [2H]c1c2c3c(c([2H])c1-c1ccc4c(c1)Oc1ccccc1C4(C)C)N(c1c(-c4ccccc4)cc(C(C)(C)C)cc1-c1cccc(-c4ccccc4)c1)c1cc(-n4c5c([2H])c([2H])c([2H])c([2H])c5c5c([2H])c([2H])c([2H])c([2H])c54)ccc1B3c1ccc(-n3c4c([2H])c([2H])c([2H])c([2H])c4c4c([2H])c([2H])c([2H])c([2H])c43)cc1O2. The van der Waals surface area contributed by atoms with Crippen LogP contribution in [0.15, 0.2) is 285 Å². The molecular weight excluding hydrogens is 1110 g/mol. The Labute approximate surface area is 555 Å². The normalized spacial score (nSPS) is 16.3. The Balaban J connectivity index is 1.02. The van der Waals surface area contributed by atoms with Crippen molar-refractivity contribution in [1.82, 2.24) is 9.13 Å². The van der Waals surface area contributed by atoms with E-state index in [-0.39, 0.29) is 89.8 Å². The van der Waals surface area contributed by atoms with Gasteiger partial charge in [-0.3, -0.25) is 0 Å². The van der Waals surface area contributed by atoms with Crippen LogP contribution < -0.4 is 30.8 Å². The van der Waals surface area contributed by atoms with Gasteiger partial charge in [0, 0.05) is 78.0 Å². The molecule has 0 N–H and O–H groups in total.